The van der Waals surface area contributed by atoms with E-state index in [1.54, 1.807) is 19.2 Å². The molecule has 3 rings (SSSR count). The van der Waals surface area contributed by atoms with Crippen LogP contribution in [0.25, 0.3) is 11.1 Å². The van der Waals surface area contributed by atoms with Crippen LogP contribution in [0.5, 0.6) is 0 Å². The second-order valence-corrected chi connectivity index (χ2v) is 7.69. The predicted octanol–water partition coefficient (Wildman–Crippen LogP) is 2.58. The normalized spacial score (nSPS) is 17.9. The van der Waals surface area contributed by atoms with Crippen LogP contribution in [0.1, 0.15) is 12.6 Å². The maximum Gasteiger partial charge on any atom is 0.214 e. The van der Waals surface area contributed by atoms with Gasteiger partial charge in [0, 0.05) is 11.8 Å². The predicted molar refractivity (Wildman–Crippen MR) is 83.5 cm³/mol. The molecule has 0 spiro atoms. The molecule has 1 aromatic heterocycles. The minimum Gasteiger partial charge on any atom is -0.257 e. The van der Waals surface area contributed by atoms with Gasteiger partial charge in [-0.25, -0.2) is 12.8 Å². The molecule has 0 amide bonds. The van der Waals surface area contributed by atoms with E-state index < -0.39 is 15.7 Å². The quantitative estimate of drug-likeness (QED) is 0.870. The number of aromatic nitrogens is 1. The average molecular weight is 320 g/mol. The van der Waals surface area contributed by atoms with Gasteiger partial charge in [-0.1, -0.05) is 36.4 Å². The van der Waals surface area contributed by atoms with Gasteiger partial charge in [0.25, 0.3) is 0 Å². The highest BCUT2D eigenvalue weighted by Crippen LogP contribution is 2.37. The lowest BCUT2D eigenvalue weighted by atomic mass is 9.94. The summed E-state index contributed by atoms with van der Waals surface area (Å²) in [4.78, 5) is 4.19. The molecule has 0 N–H and O–H groups in total. The first-order valence-electron chi connectivity index (χ1n) is 7.13. The molecule has 22 heavy (non-hydrogen) atoms. The van der Waals surface area contributed by atoms with Gasteiger partial charge in [-0.3, -0.25) is 4.98 Å². The molecule has 2 heterocycles. The van der Waals surface area contributed by atoms with Crippen LogP contribution < -0.4 is 0 Å². The SMILES string of the molecule is CCS(=O)(=O)N1CC(F)(c2ccc(-c3ccccc3)cn2)C1. The molecule has 1 saturated heterocycles. The van der Waals surface area contributed by atoms with Crippen LogP contribution in [0, 0.1) is 0 Å². The summed E-state index contributed by atoms with van der Waals surface area (Å²) >= 11 is 0. The highest BCUT2D eigenvalue weighted by atomic mass is 32.2. The van der Waals surface area contributed by atoms with Gasteiger partial charge in [0.1, 0.15) is 0 Å². The van der Waals surface area contributed by atoms with Gasteiger partial charge in [0.2, 0.25) is 10.0 Å². The standard InChI is InChI=1S/C16H17FN2O2S/c1-2-22(20,21)19-11-16(17,12-19)15-9-8-14(10-18-15)13-6-4-3-5-7-13/h3-10H,2,11-12H2,1H3. The summed E-state index contributed by atoms with van der Waals surface area (Å²) in [6.07, 6.45) is 1.63. The molecular weight excluding hydrogens is 303 g/mol. The number of hydrogen-bond acceptors (Lipinski definition) is 3. The zero-order chi connectivity index (χ0) is 15.8. The third-order valence-corrected chi connectivity index (χ3v) is 5.72. The van der Waals surface area contributed by atoms with Gasteiger partial charge in [-0.15, -0.1) is 0 Å². The Bertz CT molecular complexity index is 754. The molecule has 0 atom stereocenters. The monoisotopic (exact) mass is 320 g/mol. The lowest BCUT2D eigenvalue weighted by molar-refractivity contribution is 0.0141. The number of nitrogens with zero attached hydrogens (tertiary/aromatic N) is 2. The number of halogens is 1. The van der Waals surface area contributed by atoms with E-state index >= 15 is 0 Å². The highest BCUT2D eigenvalue weighted by Gasteiger charge is 2.50. The summed E-state index contributed by atoms with van der Waals surface area (Å²) in [6.45, 7) is 1.25. The van der Waals surface area contributed by atoms with Crippen LogP contribution in [-0.2, 0) is 15.7 Å². The number of rotatable bonds is 4. The smallest absolute Gasteiger partial charge is 0.214 e. The van der Waals surface area contributed by atoms with Crippen LogP contribution in [0.3, 0.4) is 0 Å². The Kier molecular flexibility index (Phi) is 3.74. The first-order chi connectivity index (χ1) is 10.4. The van der Waals surface area contributed by atoms with Gasteiger partial charge >= 0.3 is 0 Å². The van der Waals surface area contributed by atoms with Crippen molar-refractivity contribution in [2.24, 2.45) is 0 Å². The van der Waals surface area contributed by atoms with Crippen molar-refractivity contribution in [3.63, 3.8) is 0 Å². The third kappa shape index (κ3) is 2.64. The first-order valence-corrected chi connectivity index (χ1v) is 8.74. The Morgan fingerprint density at radius 1 is 1.14 bits per heavy atom. The van der Waals surface area contributed by atoms with E-state index in [1.807, 2.05) is 36.4 Å². The van der Waals surface area contributed by atoms with Crippen LogP contribution in [-0.4, -0.2) is 36.5 Å². The number of pyridine rings is 1. The van der Waals surface area contributed by atoms with Gasteiger partial charge in [-0.05, 0) is 18.6 Å². The molecule has 1 aliphatic heterocycles. The maximum atomic E-state index is 14.7. The van der Waals surface area contributed by atoms with E-state index in [0.29, 0.717) is 0 Å². The number of alkyl halides is 1. The lowest BCUT2D eigenvalue weighted by Crippen LogP contribution is -2.59. The van der Waals surface area contributed by atoms with E-state index in [-0.39, 0.29) is 24.5 Å². The Labute approximate surface area is 129 Å². The Morgan fingerprint density at radius 2 is 1.82 bits per heavy atom. The van der Waals surface area contributed by atoms with Crippen molar-refractivity contribution < 1.29 is 12.8 Å². The summed E-state index contributed by atoms with van der Waals surface area (Å²) in [6, 6.07) is 13.2. The average Bonchev–Trinajstić information content (AvgIpc) is 2.53. The molecule has 1 aliphatic rings. The summed E-state index contributed by atoms with van der Waals surface area (Å²) < 4.78 is 39.2. The van der Waals surface area contributed by atoms with Gasteiger partial charge in [-0.2, -0.15) is 4.31 Å². The third-order valence-electron chi connectivity index (χ3n) is 3.94. The molecule has 0 saturated carbocycles. The minimum atomic E-state index is -3.33. The van der Waals surface area contributed by atoms with Crippen LogP contribution >= 0.6 is 0 Å². The van der Waals surface area contributed by atoms with Crippen molar-refractivity contribution in [3.05, 3.63) is 54.4 Å². The molecule has 6 heteroatoms. The lowest BCUT2D eigenvalue weighted by Gasteiger charge is -2.42. The van der Waals surface area contributed by atoms with Crippen molar-refractivity contribution in [1.29, 1.82) is 0 Å². The summed E-state index contributed by atoms with van der Waals surface area (Å²) in [5, 5.41) is 0. The molecule has 2 aromatic rings. The van der Waals surface area contributed by atoms with Crippen molar-refractivity contribution in [2.45, 2.75) is 12.6 Å². The van der Waals surface area contributed by atoms with Crippen LogP contribution in [0.4, 0.5) is 4.39 Å². The number of sulfonamides is 1. The Balaban J connectivity index is 1.77. The van der Waals surface area contributed by atoms with Gasteiger partial charge < -0.3 is 0 Å². The van der Waals surface area contributed by atoms with Crippen LogP contribution in [0.2, 0.25) is 0 Å². The Hall–Kier alpha value is -1.79. The second-order valence-electron chi connectivity index (χ2n) is 5.43. The van der Waals surface area contributed by atoms with E-state index in [2.05, 4.69) is 4.98 Å². The maximum absolute atomic E-state index is 14.7. The largest absolute Gasteiger partial charge is 0.257 e. The molecular formula is C16H17FN2O2S. The van der Waals surface area contributed by atoms with Gasteiger partial charge in [0.05, 0.1) is 24.5 Å². The van der Waals surface area contributed by atoms with E-state index in [9.17, 15) is 12.8 Å². The number of hydrogen-bond donors (Lipinski definition) is 0. The van der Waals surface area contributed by atoms with Crippen LogP contribution in [0.15, 0.2) is 48.7 Å². The van der Waals surface area contributed by atoms with Gasteiger partial charge in [0.15, 0.2) is 5.67 Å². The van der Waals surface area contributed by atoms with E-state index in [0.717, 1.165) is 11.1 Å². The number of benzene rings is 1. The van der Waals surface area contributed by atoms with E-state index in [1.165, 1.54) is 4.31 Å². The molecule has 0 unspecified atom stereocenters. The molecule has 0 aliphatic carbocycles. The zero-order valence-electron chi connectivity index (χ0n) is 12.2. The minimum absolute atomic E-state index is 0.0105. The van der Waals surface area contributed by atoms with Crippen molar-refractivity contribution in [3.8, 4) is 11.1 Å². The molecule has 0 bridgehead atoms. The fourth-order valence-corrected chi connectivity index (χ4v) is 3.68. The molecule has 4 nitrogen and oxygen atoms in total. The Morgan fingerprint density at radius 3 is 2.36 bits per heavy atom. The summed E-state index contributed by atoms with van der Waals surface area (Å²) in [5.41, 5.74) is 0.524. The molecule has 1 aromatic carbocycles. The summed E-state index contributed by atoms with van der Waals surface area (Å²) in [5.74, 6) is -0.0105. The highest BCUT2D eigenvalue weighted by molar-refractivity contribution is 7.89. The van der Waals surface area contributed by atoms with Crippen molar-refractivity contribution in [2.75, 3.05) is 18.8 Å². The second kappa shape index (κ2) is 5.44. The fourth-order valence-electron chi connectivity index (χ4n) is 2.51. The molecule has 0 radical (unpaired) electrons. The fraction of sp³-hybridized carbons (Fsp3) is 0.312. The molecule has 1 fully saturated rings. The van der Waals surface area contributed by atoms with Crippen molar-refractivity contribution >= 4 is 10.0 Å². The summed E-state index contributed by atoms with van der Waals surface area (Å²) in [7, 11) is -3.33. The molecule has 116 valence electrons. The first kappa shape index (κ1) is 15.1. The topological polar surface area (TPSA) is 50.3 Å². The zero-order valence-corrected chi connectivity index (χ0v) is 13.1. The van der Waals surface area contributed by atoms with E-state index in [4.69, 9.17) is 0 Å². The van der Waals surface area contributed by atoms with Crippen molar-refractivity contribution in [1.82, 2.24) is 9.29 Å².